The van der Waals surface area contributed by atoms with Crippen LogP contribution in [0.1, 0.15) is 59.8 Å². The number of esters is 1. The lowest BCUT2D eigenvalue weighted by Gasteiger charge is -2.63. The SMILES string of the molecule is CCC(=O)OCC(=O)C1(O)C(C)CC2C3CCC4=CC(=O)C=CC4(C)C3(Cl)C(O)CC21C. The van der Waals surface area contributed by atoms with Crippen LogP contribution in [0.3, 0.4) is 0 Å². The largest absolute Gasteiger partial charge is 0.458 e. The normalized spacial score (nSPS) is 47.2. The van der Waals surface area contributed by atoms with Gasteiger partial charge in [0, 0.05) is 17.3 Å². The van der Waals surface area contributed by atoms with Crippen LogP contribution in [0, 0.1) is 28.6 Å². The molecule has 0 aromatic heterocycles. The fraction of sp³-hybridized carbons (Fsp3) is 0.720. The van der Waals surface area contributed by atoms with Crippen molar-refractivity contribution in [1.82, 2.24) is 0 Å². The summed E-state index contributed by atoms with van der Waals surface area (Å²) in [7, 11) is 0. The van der Waals surface area contributed by atoms with Crippen molar-refractivity contribution in [1.29, 1.82) is 0 Å². The minimum absolute atomic E-state index is 0.0672. The molecule has 4 aliphatic rings. The molecule has 0 radical (unpaired) electrons. The molecule has 2 N–H and O–H groups in total. The molecule has 4 aliphatic carbocycles. The smallest absolute Gasteiger partial charge is 0.305 e. The monoisotopic (exact) mass is 464 g/mol. The zero-order valence-electron chi connectivity index (χ0n) is 19.2. The number of fused-ring (bicyclic) bond motifs is 5. The van der Waals surface area contributed by atoms with Crippen LogP contribution in [0.5, 0.6) is 0 Å². The Labute approximate surface area is 194 Å². The molecule has 0 amide bonds. The van der Waals surface area contributed by atoms with Gasteiger partial charge in [-0.15, -0.1) is 11.6 Å². The zero-order chi connectivity index (χ0) is 23.7. The Morgan fingerprint density at radius 3 is 2.62 bits per heavy atom. The molecule has 0 aromatic rings. The van der Waals surface area contributed by atoms with Crippen LogP contribution in [0.15, 0.2) is 23.8 Å². The topological polar surface area (TPSA) is 101 Å². The number of Topliss-reactive ketones (excluding diaryl/α,β-unsaturated/α-hetero) is 1. The molecule has 6 nitrogen and oxygen atoms in total. The summed E-state index contributed by atoms with van der Waals surface area (Å²) < 4.78 is 5.07. The summed E-state index contributed by atoms with van der Waals surface area (Å²) in [5.41, 5.74) is -2.38. The van der Waals surface area contributed by atoms with Crippen LogP contribution in [-0.4, -0.2) is 50.9 Å². The molecular formula is C25H33ClO6. The van der Waals surface area contributed by atoms with E-state index < -0.39 is 45.8 Å². The Morgan fingerprint density at radius 1 is 1.28 bits per heavy atom. The molecule has 0 bridgehead atoms. The first-order chi connectivity index (χ1) is 14.9. The highest BCUT2D eigenvalue weighted by molar-refractivity contribution is 6.26. The highest BCUT2D eigenvalue weighted by atomic mass is 35.5. The maximum Gasteiger partial charge on any atom is 0.305 e. The van der Waals surface area contributed by atoms with Gasteiger partial charge in [0.2, 0.25) is 5.78 Å². The van der Waals surface area contributed by atoms with E-state index in [0.29, 0.717) is 19.3 Å². The van der Waals surface area contributed by atoms with Crippen molar-refractivity contribution in [3.8, 4) is 0 Å². The third-order valence-corrected chi connectivity index (χ3v) is 10.2. The minimum Gasteiger partial charge on any atom is -0.458 e. The molecule has 0 heterocycles. The second-order valence-corrected chi connectivity index (χ2v) is 11.2. The first-order valence-electron chi connectivity index (χ1n) is 11.6. The Hall–Kier alpha value is -1.50. The average Bonchev–Trinajstić information content (AvgIpc) is 2.94. The second kappa shape index (κ2) is 7.51. The van der Waals surface area contributed by atoms with Gasteiger partial charge in [0.15, 0.2) is 12.4 Å². The standard InChI is InChI=1S/C25H33ClO6/c1-5-21(30)32-13-20(29)25(31)14(2)10-18-17-7-6-15-11-16(27)8-9-22(15,3)24(17,26)19(28)12-23(18,25)4/h8-9,11,14,17-19,28,31H,5-7,10,12-13H2,1-4H3. The average molecular weight is 465 g/mol. The van der Waals surface area contributed by atoms with Crippen LogP contribution in [0.4, 0.5) is 0 Å². The number of hydrogen-bond acceptors (Lipinski definition) is 6. The second-order valence-electron chi connectivity index (χ2n) is 10.6. The van der Waals surface area contributed by atoms with Crippen molar-refractivity contribution >= 4 is 29.1 Å². The fourth-order valence-electron chi connectivity index (χ4n) is 7.50. The van der Waals surface area contributed by atoms with Gasteiger partial charge in [0.25, 0.3) is 0 Å². The van der Waals surface area contributed by atoms with E-state index in [2.05, 4.69) is 0 Å². The summed E-state index contributed by atoms with van der Waals surface area (Å²) >= 11 is 7.37. The van der Waals surface area contributed by atoms with Crippen molar-refractivity contribution in [3.05, 3.63) is 23.8 Å². The molecular weight excluding hydrogens is 432 g/mol. The Kier molecular flexibility index (Phi) is 5.55. The van der Waals surface area contributed by atoms with Crippen LogP contribution >= 0.6 is 11.6 Å². The number of aliphatic hydroxyl groups is 2. The maximum atomic E-state index is 13.2. The van der Waals surface area contributed by atoms with Gasteiger partial charge in [0.1, 0.15) is 5.60 Å². The first-order valence-corrected chi connectivity index (χ1v) is 12.0. The van der Waals surface area contributed by atoms with Crippen LogP contribution in [0.2, 0.25) is 0 Å². The van der Waals surface area contributed by atoms with Crippen LogP contribution < -0.4 is 0 Å². The zero-order valence-corrected chi connectivity index (χ0v) is 19.9. The lowest BCUT2D eigenvalue weighted by atomic mass is 9.45. The van der Waals surface area contributed by atoms with E-state index in [1.165, 1.54) is 6.08 Å². The molecule has 4 rings (SSSR count). The quantitative estimate of drug-likeness (QED) is 0.489. The lowest BCUT2D eigenvalue weighted by molar-refractivity contribution is -0.182. The van der Waals surface area contributed by atoms with Gasteiger partial charge >= 0.3 is 5.97 Å². The number of aliphatic hydroxyl groups excluding tert-OH is 1. The van der Waals surface area contributed by atoms with Gasteiger partial charge in [0.05, 0.1) is 11.0 Å². The van der Waals surface area contributed by atoms with Crippen molar-refractivity contribution in [2.45, 2.75) is 76.4 Å². The number of allylic oxidation sites excluding steroid dienone is 4. The van der Waals surface area contributed by atoms with E-state index in [0.717, 1.165) is 5.57 Å². The summed E-state index contributed by atoms with van der Waals surface area (Å²) in [5.74, 6) is -1.70. The molecule has 8 atom stereocenters. The maximum absolute atomic E-state index is 13.2. The van der Waals surface area contributed by atoms with Crippen molar-refractivity contribution in [2.75, 3.05) is 6.61 Å². The molecule has 0 aromatic carbocycles. The Morgan fingerprint density at radius 2 is 1.97 bits per heavy atom. The van der Waals surface area contributed by atoms with Crippen molar-refractivity contribution in [2.24, 2.45) is 28.6 Å². The molecule has 0 aliphatic heterocycles. The van der Waals surface area contributed by atoms with E-state index in [1.54, 1.807) is 13.0 Å². The summed E-state index contributed by atoms with van der Waals surface area (Å²) in [6, 6.07) is 0. The molecule has 0 saturated heterocycles. The molecule has 0 spiro atoms. The van der Waals surface area contributed by atoms with Crippen LogP contribution in [-0.2, 0) is 19.1 Å². The van der Waals surface area contributed by atoms with E-state index in [9.17, 15) is 24.6 Å². The predicted octanol–water partition coefficient (Wildman–Crippen LogP) is 3.13. The van der Waals surface area contributed by atoms with Crippen molar-refractivity contribution < 1.29 is 29.3 Å². The van der Waals surface area contributed by atoms with E-state index in [-0.39, 0.29) is 36.4 Å². The van der Waals surface area contributed by atoms with Crippen molar-refractivity contribution in [3.63, 3.8) is 0 Å². The van der Waals surface area contributed by atoms with E-state index in [1.807, 2.05) is 26.8 Å². The summed E-state index contributed by atoms with van der Waals surface area (Å²) in [6.45, 7) is 6.87. The number of rotatable bonds is 4. The molecule has 32 heavy (non-hydrogen) atoms. The first kappa shape index (κ1) is 23.7. The number of carbonyl (C=O) groups is 3. The number of halogens is 1. The number of ether oxygens (including phenoxy) is 1. The number of carbonyl (C=O) groups excluding carboxylic acids is 3. The van der Waals surface area contributed by atoms with Gasteiger partial charge in [-0.25, -0.2) is 0 Å². The van der Waals surface area contributed by atoms with Crippen LogP contribution in [0.25, 0.3) is 0 Å². The number of alkyl halides is 1. The minimum atomic E-state index is -1.72. The molecule has 176 valence electrons. The van der Waals surface area contributed by atoms with Gasteiger partial charge in [-0.3, -0.25) is 14.4 Å². The Bertz CT molecular complexity index is 925. The highest BCUT2D eigenvalue weighted by Gasteiger charge is 2.74. The molecule has 7 heteroatoms. The third-order valence-electron chi connectivity index (χ3n) is 9.30. The lowest BCUT2D eigenvalue weighted by Crippen LogP contribution is -2.69. The van der Waals surface area contributed by atoms with Gasteiger partial charge in [-0.05, 0) is 55.6 Å². The van der Waals surface area contributed by atoms with E-state index in [4.69, 9.17) is 16.3 Å². The van der Waals surface area contributed by atoms with Gasteiger partial charge < -0.3 is 14.9 Å². The molecule has 3 fully saturated rings. The third kappa shape index (κ3) is 2.82. The van der Waals surface area contributed by atoms with E-state index >= 15 is 0 Å². The molecule has 8 unspecified atom stereocenters. The number of hydrogen-bond donors (Lipinski definition) is 2. The summed E-state index contributed by atoms with van der Waals surface area (Å²) in [4.78, 5) is 35.8. The number of ketones is 2. The Balaban J connectivity index is 1.73. The fourth-order valence-corrected chi connectivity index (χ4v) is 8.02. The van der Waals surface area contributed by atoms with Gasteiger partial charge in [-0.2, -0.15) is 0 Å². The summed E-state index contributed by atoms with van der Waals surface area (Å²) in [6.07, 6.45) is 6.24. The molecule has 3 saturated carbocycles. The highest BCUT2D eigenvalue weighted by Crippen LogP contribution is 2.71. The van der Waals surface area contributed by atoms with Gasteiger partial charge in [-0.1, -0.05) is 39.3 Å². The predicted molar refractivity (Wildman–Crippen MR) is 119 cm³/mol. The summed E-state index contributed by atoms with van der Waals surface area (Å²) in [5, 5.41) is 23.3.